The summed E-state index contributed by atoms with van der Waals surface area (Å²) >= 11 is 0. The molecule has 3 rings (SSSR count). The van der Waals surface area contributed by atoms with Crippen LogP contribution in [0.3, 0.4) is 0 Å². The van der Waals surface area contributed by atoms with Crippen LogP contribution in [0, 0.1) is 20.8 Å². The number of sulfonamides is 1. The Hall–Kier alpha value is -2.51. The van der Waals surface area contributed by atoms with Gasteiger partial charge in [0.15, 0.2) is 6.61 Å². The maximum Gasteiger partial charge on any atom is 0.338 e. The van der Waals surface area contributed by atoms with E-state index in [4.69, 9.17) is 4.74 Å². The van der Waals surface area contributed by atoms with Crippen LogP contribution in [0.4, 0.5) is 0 Å². The quantitative estimate of drug-likeness (QED) is 0.533. The monoisotopic (exact) mass is 415 g/mol. The SMILES string of the molecule is Cc1cc(C)c(C(=O)COC(=O)c2cccc(S(=O)(=O)N3CCCC3)c2)cc1C. The predicted molar refractivity (Wildman–Crippen MR) is 110 cm³/mol. The first-order chi connectivity index (χ1) is 13.7. The number of benzene rings is 2. The van der Waals surface area contributed by atoms with Crippen molar-refractivity contribution >= 4 is 21.8 Å². The average molecular weight is 416 g/mol. The zero-order valence-electron chi connectivity index (χ0n) is 16.9. The first kappa shape index (κ1) is 21.2. The van der Waals surface area contributed by atoms with E-state index in [1.807, 2.05) is 26.8 Å². The summed E-state index contributed by atoms with van der Waals surface area (Å²) in [4.78, 5) is 24.9. The summed E-state index contributed by atoms with van der Waals surface area (Å²) in [5, 5.41) is 0. The topological polar surface area (TPSA) is 80.8 Å². The van der Waals surface area contributed by atoms with Crippen LogP contribution in [0.2, 0.25) is 0 Å². The lowest BCUT2D eigenvalue weighted by Gasteiger charge is -2.16. The van der Waals surface area contributed by atoms with E-state index in [0.717, 1.165) is 29.5 Å². The van der Waals surface area contributed by atoms with E-state index in [-0.39, 0.29) is 16.2 Å². The van der Waals surface area contributed by atoms with Gasteiger partial charge in [0.2, 0.25) is 15.8 Å². The molecule has 0 spiro atoms. The van der Waals surface area contributed by atoms with Crippen LogP contribution in [0.1, 0.15) is 50.2 Å². The normalized spacial score (nSPS) is 14.7. The number of nitrogens with zero attached hydrogens (tertiary/aromatic N) is 1. The van der Waals surface area contributed by atoms with E-state index < -0.39 is 22.6 Å². The van der Waals surface area contributed by atoms with Crippen LogP contribution in [-0.2, 0) is 14.8 Å². The summed E-state index contributed by atoms with van der Waals surface area (Å²) in [5.74, 6) is -1.02. The minimum absolute atomic E-state index is 0.0604. The Morgan fingerprint density at radius 3 is 2.31 bits per heavy atom. The molecule has 0 radical (unpaired) electrons. The van der Waals surface area contributed by atoms with Crippen molar-refractivity contribution in [2.45, 2.75) is 38.5 Å². The number of hydrogen-bond acceptors (Lipinski definition) is 5. The molecule has 1 saturated heterocycles. The molecular weight excluding hydrogens is 390 g/mol. The Morgan fingerprint density at radius 2 is 1.62 bits per heavy atom. The molecule has 0 saturated carbocycles. The fraction of sp³-hybridized carbons (Fsp3) is 0.364. The van der Waals surface area contributed by atoms with Gasteiger partial charge in [0.25, 0.3) is 0 Å². The molecule has 1 heterocycles. The average Bonchev–Trinajstić information content (AvgIpc) is 3.24. The number of ether oxygens (including phenoxy) is 1. The molecule has 0 amide bonds. The fourth-order valence-corrected chi connectivity index (χ4v) is 4.98. The van der Waals surface area contributed by atoms with Crippen molar-refractivity contribution in [3.8, 4) is 0 Å². The number of aryl methyl sites for hydroxylation is 3. The Labute approximate surface area is 171 Å². The molecule has 154 valence electrons. The highest BCUT2D eigenvalue weighted by Crippen LogP contribution is 2.22. The van der Waals surface area contributed by atoms with Crippen molar-refractivity contribution in [3.63, 3.8) is 0 Å². The van der Waals surface area contributed by atoms with E-state index in [1.54, 1.807) is 6.07 Å². The molecule has 1 aliphatic heterocycles. The number of carbonyl (C=O) groups is 2. The minimum Gasteiger partial charge on any atom is -0.454 e. The molecule has 2 aromatic rings. The van der Waals surface area contributed by atoms with E-state index in [0.29, 0.717) is 18.7 Å². The van der Waals surface area contributed by atoms with Crippen LogP contribution in [0.25, 0.3) is 0 Å². The van der Waals surface area contributed by atoms with Gasteiger partial charge in [0.1, 0.15) is 0 Å². The zero-order valence-corrected chi connectivity index (χ0v) is 17.7. The van der Waals surface area contributed by atoms with Crippen molar-refractivity contribution in [1.82, 2.24) is 4.31 Å². The molecule has 1 fully saturated rings. The summed E-state index contributed by atoms with van der Waals surface area (Å²) in [6, 6.07) is 9.49. The standard InChI is InChI=1S/C22H25NO5S/c1-15-11-17(3)20(12-16(15)2)21(24)14-28-22(25)18-7-6-8-19(13-18)29(26,27)23-9-4-5-10-23/h6-8,11-13H,4-5,9-10,14H2,1-3H3. The van der Waals surface area contributed by atoms with Gasteiger partial charge in [-0.15, -0.1) is 0 Å². The first-order valence-electron chi connectivity index (χ1n) is 9.58. The number of carbonyl (C=O) groups excluding carboxylic acids is 2. The summed E-state index contributed by atoms with van der Waals surface area (Å²) in [6.45, 7) is 6.31. The summed E-state index contributed by atoms with van der Waals surface area (Å²) < 4.78 is 31.9. The second-order valence-corrected chi connectivity index (χ2v) is 9.33. The van der Waals surface area contributed by atoms with Crippen LogP contribution in [0.5, 0.6) is 0 Å². The molecule has 7 heteroatoms. The van der Waals surface area contributed by atoms with Gasteiger partial charge in [-0.25, -0.2) is 13.2 Å². The van der Waals surface area contributed by atoms with Crippen molar-refractivity contribution < 1.29 is 22.7 Å². The van der Waals surface area contributed by atoms with E-state index in [1.165, 1.54) is 28.6 Å². The second-order valence-electron chi connectivity index (χ2n) is 7.39. The van der Waals surface area contributed by atoms with Crippen LogP contribution in [0.15, 0.2) is 41.3 Å². The van der Waals surface area contributed by atoms with Gasteiger partial charge >= 0.3 is 5.97 Å². The fourth-order valence-electron chi connectivity index (χ4n) is 3.41. The maximum atomic E-state index is 12.7. The summed E-state index contributed by atoms with van der Waals surface area (Å²) in [7, 11) is -3.62. The summed E-state index contributed by atoms with van der Waals surface area (Å²) in [5.41, 5.74) is 3.53. The Morgan fingerprint density at radius 1 is 0.966 bits per heavy atom. The lowest BCUT2D eigenvalue weighted by Crippen LogP contribution is -2.28. The highest BCUT2D eigenvalue weighted by Gasteiger charge is 2.27. The van der Waals surface area contributed by atoms with Gasteiger partial charge < -0.3 is 4.74 Å². The third-order valence-electron chi connectivity index (χ3n) is 5.25. The van der Waals surface area contributed by atoms with Gasteiger partial charge in [0, 0.05) is 18.7 Å². The maximum absolute atomic E-state index is 12.7. The second kappa shape index (κ2) is 8.47. The summed E-state index contributed by atoms with van der Waals surface area (Å²) in [6.07, 6.45) is 1.67. The third-order valence-corrected chi connectivity index (χ3v) is 7.14. The number of Topliss-reactive ketones (excluding diaryl/α,β-unsaturated/α-hetero) is 1. The van der Waals surface area contributed by atoms with Gasteiger partial charge in [0.05, 0.1) is 10.5 Å². The predicted octanol–water partition coefficient (Wildman–Crippen LogP) is 3.44. The van der Waals surface area contributed by atoms with E-state index in [2.05, 4.69) is 0 Å². The van der Waals surface area contributed by atoms with Crippen molar-refractivity contribution in [1.29, 1.82) is 0 Å². The van der Waals surface area contributed by atoms with Crippen molar-refractivity contribution in [2.24, 2.45) is 0 Å². The molecular formula is C22H25NO5S. The molecule has 0 atom stereocenters. The smallest absolute Gasteiger partial charge is 0.338 e. The molecule has 0 aromatic heterocycles. The van der Waals surface area contributed by atoms with Gasteiger partial charge in [-0.05, 0) is 74.6 Å². The molecule has 0 N–H and O–H groups in total. The Bertz CT molecular complexity index is 1050. The molecule has 1 aliphatic rings. The van der Waals surface area contributed by atoms with E-state index in [9.17, 15) is 18.0 Å². The van der Waals surface area contributed by atoms with Crippen LogP contribution >= 0.6 is 0 Å². The molecule has 2 aromatic carbocycles. The lowest BCUT2D eigenvalue weighted by atomic mass is 9.98. The largest absolute Gasteiger partial charge is 0.454 e. The zero-order chi connectivity index (χ0) is 21.2. The van der Waals surface area contributed by atoms with Crippen molar-refractivity contribution in [3.05, 3.63) is 64.2 Å². The lowest BCUT2D eigenvalue weighted by molar-refractivity contribution is 0.0474. The van der Waals surface area contributed by atoms with Gasteiger partial charge in [-0.1, -0.05) is 12.1 Å². The minimum atomic E-state index is -3.62. The molecule has 6 nitrogen and oxygen atoms in total. The Kier molecular flexibility index (Phi) is 6.19. The van der Waals surface area contributed by atoms with Gasteiger partial charge in [-0.2, -0.15) is 4.31 Å². The Balaban J connectivity index is 1.72. The molecule has 0 bridgehead atoms. The molecule has 29 heavy (non-hydrogen) atoms. The highest BCUT2D eigenvalue weighted by atomic mass is 32.2. The highest BCUT2D eigenvalue weighted by molar-refractivity contribution is 7.89. The number of esters is 1. The van der Waals surface area contributed by atoms with Gasteiger partial charge in [-0.3, -0.25) is 4.79 Å². The molecule has 0 unspecified atom stereocenters. The number of ketones is 1. The number of hydrogen-bond donors (Lipinski definition) is 0. The third kappa shape index (κ3) is 4.57. The van der Waals surface area contributed by atoms with Crippen LogP contribution < -0.4 is 0 Å². The van der Waals surface area contributed by atoms with Crippen molar-refractivity contribution in [2.75, 3.05) is 19.7 Å². The van der Waals surface area contributed by atoms with Crippen LogP contribution in [-0.4, -0.2) is 44.2 Å². The molecule has 0 aliphatic carbocycles. The van der Waals surface area contributed by atoms with E-state index >= 15 is 0 Å². The number of rotatable bonds is 6. The first-order valence-corrected chi connectivity index (χ1v) is 11.0.